The molecule has 2 aromatic rings. The molecule has 3 aliphatic rings. The highest BCUT2D eigenvalue weighted by Crippen LogP contribution is 2.52. The summed E-state index contributed by atoms with van der Waals surface area (Å²) in [6, 6.07) is 11.1. The lowest BCUT2D eigenvalue weighted by molar-refractivity contribution is -0.140. The SMILES string of the molecule is CC/C(=C\c1cccc(O)c1)CC[C@H]1OB(O)C[C@H]2C1=C(C(C)C)C[C@H]1C(=O)N(Cc3cccs3)C(=O)[C@H]12. The number of likely N-dealkylation sites (tertiary alicyclic amines) is 1. The zero-order valence-corrected chi connectivity index (χ0v) is 23.1. The first kappa shape index (κ1) is 26.9. The van der Waals surface area contributed by atoms with Crippen LogP contribution in [0.2, 0.25) is 6.32 Å². The van der Waals surface area contributed by atoms with E-state index in [4.69, 9.17) is 4.65 Å². The summed E-state index contributed by atoms with van der Waals surface area (Å²) >= 11 is 1.55. The fraction of sp³-hybridized carbons (Fsp3) is 0.467. The molecule has 0 spiro atoms. The minimum atomic E-state index is -0.963. The first-order chi connectivity index (χ1) is 18.3. The molecule has 1 aromatic heterocycles. The van der Waals surface area contributed by atoms with E-state index in [1.807, 2.05) is 29.6 Å². The summed E-state index contributed by atoms with van der Waals surface area (Å²) in [7, 11) is -0.963. The lowest BCUT2D eigenvalue weighted by Crippen LogP contribution is -2.46. The highest BCUT2D eigenvalue weighted by Gasteiger charge is 2.57. The fourth-order valence-corrected chi connectivity index (χ4v) is 7.24. The van der Waals surface area contributed by atoms with Crippen LogP contribution in [0.15, 0.2) is 58.5 Å². The number of rotatable bonds is 8. The number of amides is 2. The number of thiophene rings is 1. The number of hydrogen-bond acceptors (Lipinski definition) is 6. The minimum Gasteiger partial charge on any atom is -0.508 e. The van der Waals surface area contributed by atoms with E-state index in [1.165, 1.54) is 16.0 Å². The predicted molar refractivity (Wildman–Crippen MR) is 150 cm³/mol. The highest BCUT2D eigenvalue weighted by molar-refractivity contribution is 7.09. The number of carbonyl (C=O) groups is 2. The van der Waals surface area contributed by atoms with Crippen molar-refractivity contribution in [3.8, 4) is 5.75 Å². The van der Waals surface area contributed by atoms with Crippen LogP contribution < -0.4 is 0 Å². The molecule has 0 unspecified atom stereocenters. The Morgan fingerprint density at radius 2 is 2.03 bits per heavy atom. The topological polar surface area (TPSA) is 87.1 Å². The lowest BCUT2D eigenvalue weighted by atomic mass is 9.57. The molecule has 0 radical (unpaired) electrons. The molecule has 2 saturated heterocycles. The van der Waals surface area contributed by atoms with Gasteiger partial charge in [0, 0.05) is 4.88 Å². The molecule has 1 aromatic carbocycles. The largest absolute Gasteiger partial charge is 0.508 e. The van der Waals surface area contributed by atoms with Gasteiger partial charge in [0.25, 0.3) is 0 Å². The predicted octanol–water partition coefficient (Wildman–Crippen LogP) is 5.68. The molecular formula is C30H36BNO5S. The van der Waals surface area contributed by atoms with Crippen LogP contribution in [0.3, 0.4) is 0 Å². The van der Waals surface area contributed by atoms with Gasteiger partial charge in [-0.3, -0.25) is 14.5 Å². The van der Waals surface area contributed by atoms with Crippen molar-refractivity contribution in [2.24, 2.45) is 23.7 Å². The average Bonchev–Trinajstić information content (AvgIpc) is 3.48. The van der Waals surface area contributed by atoms with Crippen LogP contribution in [0.25, 0.3) is 6.08 Å². The number of nitrogens with zero attached hydrogens (tertiary/aromatic N) is 1. The summed E-state index contributed by atoms with van der Waals surface area (Å²) in [4.78, 5) is 29.6. The molecule has 8 heteroatoms. The van der Waals surface area contributed by atoms with Crippen LogP contribution in [0.4, 0.5) is 0 Å². The van der Waals surface area contributed by atoms with Crippen molar-refractivity contribution in [3.63, 3.8) is 0 Å². The molecule has 0 saturated carbocycles. The Bertz CT molecular complexity index is 1250. The second-order valence-electron chi connectivity index (χ2n) is 11.0. The van der Waals surface area contributed by atoms with E-state index in [1.54, 1.807) is 23.5 Å². The summed E-state index contributed by atoms with van der Waals surface area (Å²) in [5, 5.41) is 22.6. The van der Waals surface area contributed by atoms with Crippen molar-refractivity contribution < 1.29 is 24.4 Å². The summed E-state index contributed by atoms with van der Waals surface area (Å²) in [6.45, 7) is 6.73. The number of hydrogen-bond donors (Lipinski definition) is 2. The van der Waals surface area contributed by atoms with E-state index < -0.39 is 13.0 Å². The number of carbonyl (C=O) groups excluding carboxylic acids is 2. The quantitative estimate of drug-likeness (QED) is 0.259. The van der Waals surface area contributed by atoms with Gasteiger partial charge in [-0.2, -0.15) is 0 Å². The van der Waals surface area contributed by atoms with Crippen LogP contribution in [0, 0.1) is 23.7 Å². The van der Waals surface area contributed by atoms with Gasteiger partial charge < -0.3 is 14.8 Å². The first-order valence-electron chi connectivity index (χ1n) is 13.7. The summed E-state index contributed by atoms with van der Waals surface area (Å²) in [5.74, 6) is -0.716. The van der Waals surface area contributed by atoms with E-state index >= 15 is 0 Å². The maximum absolute atomic E-state index is 13.7. The average molecular weight is 533 g/mol. The van der Waals surface area contributed by atoms with Crippen LogP contribution in [-0.4, -0.2) is 40.1 Å². The van der Waals surface area contributed by atoms with Gasteiger partial charge in [0.05, 0.1) is 24.5 Å². The third kappa shape index (κ3) is 5.26. The Labute approximate surface area is 229 Å². The molecule has 5 rings (SSSR count). The second-order valence-corrected chi connectivity index (χ2v) is 12.1. The Balaban J connectivity index is 1.42. The lowest BCUT2D eigenvalue weighted by Gasteiger charge is -2.44. The third-order valence-corrected chi connectivity index (χ3v) is 9.21. The Morgan fingerprint density at radius 1 is 1.21 bits per heavy atom. The molecule has 2 amide bonds. The molecular weight excluding hydrogens is 497 g/mol. The van der Waals surface area contributed by atoms with Gasteiger partial charge in [-0.1, -0.05) is 56.2 Å². The summed E-state index contributed by atoms with van der Waals surface area (Å²) in [6.07, 6.45) is 5.05. The molecule has 2 aliphatic heterocycles. The molecule has 6 nitrogen and oxygen atoms in total. The van der Waals surface area contributed by atoms with E-state index in [0.29, 0.717) is 25.7 Å². The second kappa shape index (κ2) is 11.2. The van der Waals surface area contributed by atoms with Gasteiger partial charge in [0.1, 0.15) is 5.75 Å². The van der Waals surface area contributed by atoms with Gasteiger partial charge in [-0.15, -0.1) is 11.3 Å². The van der Waals surface area contributed by atoms with Crippen molar-refractivity contribution in [1.82, 2.24) is 4.90 Å². The third-order valence-electron chi connectivity index (χ3n) is 8.35. The van der Waals surface area contributed by atoms with Gasteiger partial charge in [-0.05, 0) is 78.6 Å². The minimum absolute atomic E-state index is 0.0783. The number of fused-ring (bicyclic) bond motifs is 3. The van der Waals surface area contributed by atoms with E-state index in [-0.39, 0.29) is 41.4 Å². The molecule has 200 valence electrons. The van der Waals surface area contributed by atoms with Gasteiger partial charge >= 0.3 is 7.12 Å². The van der Waals surface area contributed by atoms with E-state index in [0.717, 1.165) is 28.9 Å². The zero-order valence-electron chi connectivity index (χ0n) is 22.3. The zero-order chi connectivity index (χ0) is 27.0. The van der Waals surface area contributed by atoms with Crippen molar-refractivity contribution in [2.75, 3.05) is 0 Å². The van der Waals surface area contributed by atoms with E-state index in [9.17, 15) is 19.7 Å². The summed E-state index contributed by atoms with van der Waals surface area (Å²) < 4.78 is 6.15. The van der Waals surface area contributed by atoms with Gasteiger partial charge in [0.2, 0.25) is 11.8 Å². The van der Waals surface area contributed by atoms with E-state index in [2.05, 4.69) is 26.8 Å². The van der Waals surface area contributed by atoms with Crippen LogP contribution in [-0.2, 0) is 20.8 Å². The van der Waals surface area contributed by atoms with Gasteiger partial charge in [-0.25, -0.2) is 0 Å². The number of phenolic OH excluding ortho intramolecular Hbond substituents is 1. The molecule has 38 heavy (non-hydrogen) atoms. The Hall–Kier alpha value is -2.68. The van der Waals surface area contributed by atoms with Crippen molar-refractivity contribution in [3.05, 3.63) is 68.9 Å². The number of benzene rings is 1. The van der Waals surface area contributed by atoms with Crippen molar-refractivity contribution in [2.45, 2.75) is 65.4 Å². The molecule has 3 heterocycles. The van der Waals surface area contributed by atoms with Crippen LogP contribution in [0.5, 0.6) is 5.75 Å². The van der Waals surface area contributed by atoms with Gasteiger partial charge in [0.15, 0.2) is 0 Å². The number of imide groups is 1. The standard InChI is InChI=1S/C30H36BNO5S/c1-4-19(13-20-7-5-8-21(33)14-20)10-11-26-27-23(18(2)3)15-24-28(25(27)16-31(36)37-26)30(35)32(29(24)34)17-22-9-6-12-38-22/h5-9,12-14,18,24-26,28,33,36H,4,10-11,15-17H2,1-3H3/b19-13+/t24-,25+,26-,28-/m1/s1. The number of phenols is 1. The van der Waals surface area contributed by atoms with Crippen molar-refractivity contribution in [1.29, 1.82) is 0 Å². The number of aromatic hydroxyl groups is 1. The first-order valence-corrected chi connectivity index (χ1v) is 14.6. The monoisotopic (exact) mass is 533 g/mol. The van der Waals surface area contributed by atoms with Crippen LogP contribution >= 0.6 is 11.3 Å². The molecule has 4 atom stereocenters. The molecule has 1 aliphatic carbocycles. The Morgan fingerprint density at radius 3 is 2.71 bits per heavy atom. The molecule has 2 N–H and O–H groups in total. The molecule has 2 fully saturated rings. The maximum atomic E-state index is 13.7. The van der Waals surface area contributed by atoms with Crippen molar-refractivity contribution >= 4 is 36.3 Å². The number of allylic oxidation sites excluding steroid dienone is 2. The highest BCUT2D eigenvalue weighted by atomic mass is 32.1. The normalized spacial score (nSPS) is 25.9. The molecule has 0 bridgehead atoms. The smallest absolute Gasteiger partial charge is 0.455 e. The van der Waals surface area contributed by atoms with Crippen LogP contribution in [0.1, 0.15) is 56.9 Å². The Kier molecular flexibility index (Phi) is 7.94. The summed E-state index contributed by atoms with van der Waals surface area (Å²) in [5.41, 5.74) is 4.53. The maximum Gasteiger partial charge on any atom is 0.455 e. The fourth-order valence-electron chi connectivity index (χ4n) is 6.55.